The quantitative estimate of drug-likeness (QED) is 0.505. The molecule has 35 heavy (non-hydrogen) atoms. The van der Waals surface area contributed by atoms with Crippen molar-refractivity contribution in [3.63, 3.8) is 0 Å². The number of nitrogens with zero attached hydrogens (tertiary/aromatic N) is 5. The van der Waals surface area contributed by atoms with Gasteiger partial charge in [0.25, 0.3) is 5.91 Å². The fourth-order valence-electron chi connectivity index (χ4n) is 6.15. The average molecular weight is 490 g/mol. The van der Waals surface area contributed by atoms with Gasteiger partial charge in [0.2, 0.25) is 0 Å². The Kier molecular flexibility index (Phi) is 5.60. The van der Waals surface area contributed by atoms with Crippen molar-refractivity contribution in [2.75, 3.05) is 19.6 Å². The van der Waals surface area contributed by atoms with E-state index in [9.17, 15) is 9.59 Å². The lowest BCUT2D eigenvalue weighted by molar-refractivity contribution is -0.137. The largest absolute Gasteiger partial charge is 0.327 e. The van der Waals surface area contributed by atoms with Gasteiger partial charge >= 0.3 is 6.03 Å². The topological polar surface area (TPSA) is 69.6 Å². The van der Waals surface area contributed by atoms with Crippen molar-refractivity contribution in [1.29, 1.82) is 0 Å². The van der Waals surface area contributed by atoms with E-state index in [1.165, 1.54) is 28.4 Å². The van der Waals surface area contributed by atoms with Gasteiger partial charge in [-0.3, -0.25) is 14.6 Å². The first-order valence-electron chi connectivity index (χ1n) is 12.6. The number of rotatable bonds is 5. The Labute approximate surface area is 210 Å². The van der Waals surface area contributed by atoms with Crippen molar-refractivity contribution in [2.24, 2.45) is 5.92 Å². The third-order valence-corrected chi connectivity index (χ3v) is 8.48. The predicted octanol–water partition coefficient (Wildman–Crippen LogP) is 4.11. The smallest absolute Gasteiger partial charge is 0.309 e. The molecule has 1 aliphatic carbocycles. The number of likely N-dealkylation sites (tertiary alicyclic amines) is 1. The fraction of sp³-hybridized carbons (Fsp3) is 0.481. The molecule has 0 atom stereocenters. The summed E-state index contributed by atoms with van der Waals surface area (Å²) in [7, 11) is 0. The van der Waals surface area contributed by atoms with E-state index in [0.29, 0.717) is 25.3 Å². The highest BCUT2D eigenvalue weighted by Gasteiger charge is 2.59. The van der Waals surface area contributed by atoms with Gasteiger partial charge in [0.05, 0.1) is 11.7 Å². The second-order valence-corrected chi connectivity index (χ2v) is 11.2. The number of imide groups is 1. The lowest BCUT2D eigenvalue weighted by atomic mass is 9.85. The minimum atomic E-state index is -0.713. The molecule has 3 aromatic rings. The molecule has 2 aliphatic heterocycles. The number of carbonyl (C=O) groups excluding carboxylic acids is 2. The van der Waals surface area contributed by atoms with Gasteiger partial charge in [-0.25, -0.2) is 4.79 Å². The van der Waals surface area contributed by atoms with Gasteiger partial charge in [0.15, 0.2) is 0 Å². The van der Waals surface area contributed by atoms with Crippen LogP contribution in [0.4, 0.5) is 4.79 Å². The number of amides is 3. The van der Waals surface area contributed by atoms with Gasteiger partial charge in [-0.1, -0.05) is 44.2 Å². The summed E-state index contributed by atoms with van der Waals surface area (Å²) < 4.78 is 8.66. The Bertz CT molecular complexity index is 1250. The number of aromatic nitrogens is 2. The molecule has 0 unspecified atom stereocenters. The molecule has 8 heteroatoms. The van der Waals surface area contributed by atoms with Crippen molar-refractivity contribution in [3.05, 3.63) is 59.2 Å². The van der Waals surface area contributed by atoms with Gasteiger partial charge in [-0.05, 0) is 60.4 Å². The van der Waals surface area contributed by atoms with Crippen molar-refractivity contribution in [2.45, 2.75) is 57.7 Å². The summed E-state index contributed by atoms with van der Waals surface area (Å²) in [6.45, 7) is 7.27. The maximum Gasteiger partial charge on any atom is 0.327 e. The molecule has 3 aliphatic rings. The highest BCUT2D eigenvalue weighted by Crippen LogP contribution is 2.41. The van der Waals surface area contributed by atoms with Crippen LogP contribution in [0.1, 0.15) is 43.4 Å². The first-order chi connectivity index (χ1) is 16.9. The van der Waals surface area contributed by atoms with Crippen LogP contribution in [-0.2, 0) is 24.2 Å². The van der Waals surface area contributed by atoms with Crippen LogP contribution in [0.3, 0.4) is 0 Å². The van der Waals surface area contributed by atoms with E-state index in [2.05, 4.69) is 51.8 Å². The molecule has 1 spiro atoms. The molecule has 1 aromatic heterocycles. The highest BCUT2D eigenvalue weighted by atomic mass is 32.1. The second-order valence-electron chi connectivity index (χ2n) is 10.7. The van der Waals surface area contributed by atoms with Crippen LogP contribution in [-0.4, -0.2) is 66.6 Å². The van der Waals surface area contributed by atoms with E-state index in [0.717, 1.165) is 43.5 Å². The third-order valence-electron chi connectivity index (χ3n) is 7.92. The molecule has 0 bridgehead atoms. The number of piperidine rings is 1. The summed E-state index contributed by atoms with van der Waals surface area (Å²) >= 11 is 1.24. The molecular formula is C27H31N5O2S. The number of hydrogen-bond acceptors (Lipinski definition) is 6. The van der Waals surface area contributed by atoms with E-state index in [1.807, 2.05) is 23.1 Å². The minimum absolute atomic E-state index is 0.0237. The highest BCUT2D eigenvalue weighted by molar-refractivity contribution is 7.00. The molecule has 2 aromatic carbocycles. The van der Waals surface area contributed by atoms with E-state index in [-0.39, 0.29) is 18.0 Å². The number of hydrogen-bond donors (Lipinski definition) is 0. The van der Waals surface area contributed by atoms with Gasteiger partial charge in [-0.15, -0.1) is 0 Å². The molecule has 2 fully saturated rings. The molecule has 6 rings (SSSR count). The number of urea groups is 1. The molecule has 2 saturated heterocycles. The summed E-state index contributed by atoms with van der Waals surface area (Å²) in [5.74, 6) is 0.330. The van der Waals surface area contributed by atoms with Crippen molar-refractivity contribution < 1.29 is 9.59 Å². The minimum Gasteiger partial charge on any atom is -0.309 e. The average Bonchev–Trinajstić information content (AvgIpc) is 3.53. The van der Waals surface area contributed by atoms with Crippen LogP contribution >= 0.6 is 11.7 Å². The molecule has 0 saturated carbocycles. The van der Waals surface area contributed by atoms with E-state index < -0.39 is 5.54 Å². The van der Waals surface area contributed by atoms with Crippen molar-refractivity contribution in [3.8, 4) is 0 Å². The number of fused-ring (bicyclic) bond motifs is 2. The molecule has 182 valence electrons. The molecule has 7 nitrogen and oxygen atoms in total. The molecule has 0 radical (unpaired) electrons. The second kappa shape index (κ2) is 8.68. The Balaban J connectivity index is 1.21. The Morgan fingerprint density at radius 3 is 2.37 bits per heavy atom. The van der Waals surface area contributed by atoms with Gasteiger partial charge in [-0.2, -0.15) is 8.75 Å². The molecule has 3 heterocycles. The summed E-state index contributed by atoms with van der Waals surface area (Å²) in [5.41, 5.74) is 4.89. The summed E-state index contributed by atoms with van der Waals surface area (Å²) in [6.07, 6.45) is 2.89. The van der Waals surface area contributed by atoms with E-state index in [4.69, 9.17) is 0 Å². The molecule has 0 N–H and O–H groups in total. The summed E-state index contributed by atoms with van der Waals surface area (Å²) in [6, 6.07) is 14.4. The Morgan fingerprint density at radius 2 is 1.69 bits per heavy atom. The molecular weight excluding hydrogens is 458 g/mol. The summed E-state index contributed by atoms with van der Waals surface area (Å²) in [5, 5.41) is 0. The lowest BCUT2D eigenvalue weighted by Gasteiger charge is -2.42. The Morgan fingerprint density at radius 1 is 1.00 bits per heavy atom. The number of benzene rings is 2. The van der Waals surface area contributed by atoms with Crippen LogP contribution in [0, 0.1) is 5.92 Å². The first kappa shape index (κ1) is 22.6. The van der Waals surface area contributed by atoms with Crippen molar-refractivity contribution in [1.82, 2.24) is 23.4 Å². The van der Waals surface area contributed by atoms with Crippen LogP contribution in [0.5, 0.6) is 0 Å². The maximum absolute atomic E-state index is 14.0. The van der Waals surface area contributed by atoms with E-state index >= 15 is 0 Å². The zero-order chi connectivity index (χ0) is 24.2. The zero-order valence-corrected chi connectivity index (χ0v) is 21.1. The monoisotopic (exact) mass is 489 g/mol. The zero-order valence-electron chi connectivity index (χ0n) is 20.3. The van der Waals surface area contributed by atoms with Gasteiger partial charge in [0.1, 0.15) is 16.6 Å². The van der Waals surface area contributed by atoms with Gasteiger partial charge in [0, 0.05) is 32.2 Å². The van der Waals surface area contributed by atoms with Crippen LogP contribution < -0.4 is 0 Å². The first-order valence-corrected chi connectivity index (χ1v) is 13.3. The standard InChI is InChI=1S/C27H31N5O2S/c1-18(2)16-31-26(34)32(22-14-20-5-3-4-6-21(20)15-22)25(33)27(31)9-11-30(12-10-27)17-19-7-8-23-24(13-19)29-35-28-23/h3-8,13,18,22H,9-12,14-17H2,1-2H3. The lowest BCUT2D eigenvalue weighted by Crippen LogP contribution is -2.57. The van der Waals surface area contributed by atoms with Gasteiger partial charge < -0.3 is 4.90 Å². The fourth-order valence-corrected chi connectivity index (χ4v) is 6.66. The SMILES string of the molecule is CC(C)CN1C(=O)N(C2Cc3ccccc3C2)C(=O)C12CCN(Cc1ccc3nsnc3c1)CC2. The normalized spacial score (nSPS) is 20.7. The van der Waals surface area contributed by atoms with Crippen molar-refractivity contribution >= 4 is 34.7 Å². The van der Waals surface area contributed by atoms with Crippen LogP contribution in [0.2, 0.25) is 0 Å². The maximum atomic E-state index is 14.0. The van der Waals surface area contributed by atoms with E-state index in [1.54, 1.807) is 4.90 Å². The predicted molar refractivity (Wildman–Crippen MR) is 136 cm³/mol. The summed E-state index contributed by atoms with van der Waals surface area (Å²) in [4.78, 5) is 33.7. The van der Waals surface area contributed by atoms with Crippen LogP contribution in [0.25, 0.3) is 11.0 Å². The third kappa shape index (κ3) is 3.83. The molecule has 3 amide bonds. The Hall–Kier alpha value is -2.84. The number of carbonyl (C=O) groups is 2. The van der Waals surface area contributed by atoms with Crippen LogP contribution in [0.15, 0.2) is 42.5 Å².